The summed E-state index contributed by atoms with van der Waals surface area (Å²) >= 11 is 1.72. The zero-order valence-electron chi connectivity index (χ0n) is 11.1. The topological polar surface area (TPSA) is 61.4 Å². The van der Waals surface area contributed by atoms with Crippen molar-refractivity contribution >= 4 is 17.8 Å². The number of hydrogen-bond donors (Lipinski definition) is 3. The number of benzene rings is 1. The summed E-state index contributed by atoms with van der Waals surface area (Å²) < 4.78 is 0. The molecule has 0 aromatic heterocycles. The van der Waals surface area contributed by atoms with Crippen molar-refractivity contribution in [3.63, 3.8) is 0 Å². The van der Waals surface area contributed by atoms with Gasteiger partial charge in [0.05, 0.1) is 11.6 Å². The minimum absolute atomic E-state index is 0.0474. The third kappa shape index (κ3) is 4.14. The molecule has 1 fully saturated rings. The van der Waals surface area contributed by atoms with Gasteiger partial charge in [-0.15, -0.1) is 0 Å². The van der Waals surface area contributed by atoms with Crippen LogP contribution in [0.25, 0.3) is 0 Å². The fourth-order valence-electron chi connectivity index (χ4n) is 2.05. The summed E-state index contributed by atoms with van der Waals surface area (Å²) in [4.78, 5) is 11.8. The van der Waals surface area contributed by atoms with Crippen molar-refractivity contribution in [2.24, 2.45) is 0 Å². The molecule has 3 N–H and O–H groups in total. The van der Waals surface area contributed by atoms with E-state index in [0.717, 1.165) is 17.7 Å². The van der Waals surface area contributed by atoms with Gasteiger partial charge in [-0.2, -0.15) is 11.8 Å². The molecule has 2 unspecified atom stereocenters. The van der Waals surface area contributed by atoms with Crippen LogP contribution in [-0.2, 0) is 0 Å². The van der Waals surface area contributed by atoms with Crippen LogP contribution < -0.4 is 10.6 Å². The number of hydrogen-bond acceptors (Lipinski definition) is 3. The molecule has 0 spiro atoms. The summed E-state index contributed by atoms with van der Waals surface area (Å²) in [7, 11) is 0. The lowest BCUT2D eigenvalue weighted by Gasteiger charge is -2.22. The van der Waals surface area contributed by atoms with E-state index in [1.165, 1.54) is 0 Å². The van der Waals surface area contributed by atoms with Gasteiger partial charge in [-0.3, -0.25) is 0 Å². The first kappa shape index (κ1) is 14.2. The predicted octanol–water partition coefficient (Wildman–Crippen LogP) is 1.91. The summed E-state index contributed by atoms with van der Waals surface area (Å²) in [6.45, 7) is 2.25. The van der Waals surface area contributed by atoms with Gasteiger partial charge in [-0.25, -0.2) is 4.79 Å². The Bertz CT molecular complexity index is 419. The predicted molar refractivity (Wildman–Crippen MR) is 78.3 cm³/mol. The third-order valence-corrected chi connectivity index (χ3v) is 4.54. The normalized spacial score (nSPS) is 23.9. The molecule has 104 valence electrons. The molecule has 0 radical (unpaired) electrons. The van der Waals surface area contributed by atoms with Gasteiger partial charge in [0.15, 0.2) is 0 Å². The minimum atomic E-state index is -0.738. The highest BCUT2D eigenvalue weighted by Crippen LogP contribution is 2.26. The Kier molecular flexibility index (Phi) is 4.71. The SMILES string of the molecule is CC(NC(=O)NCC1(O)CCSC1)c1ccccc1. The quantitative estimate of drug-likeness (QED) is 0.789. The molecule has 19 heavy (non-hydrogen) atoms. The van der Waals surface area contributed by atoms with E-state index in [1.54, 1.807) is 11.8 Å². The van der Waals surface area contributed by atoms with Gasteiger partial charge < -0.3 is 15.7 Å². The minimum Gasteiger partial charge on any atom is -0.387 e. The van der Waals surface area contributed by atoms with Crippen LogP contribution in [0.2, 0.25) is 0 Å². The number of carbonyl (C=O) groups is 1. The summed E-state index contributed by atoms with van der Waals surface area (Å²) in [5, 5.41) is 15.7. The Hall–Kier alpha value is -1.20. The molecule has 1 heterocycles. The standard InChI is InChI=1S/C14H20N2O2S/c1-11(12-5-3-2-4-6-12)16-13(17)15-9-14(18)7-8-19-10-14/h2-6,11,18H,7-10H2,1H3,(H2,15,16,17). The lowest BCUT2D eigenvalue weighted by Crippen LogP contribution is -2.46. The van der Waals surface area contributed by atoms with Crippen molar-refractivity contribution in [3.8, 4) is 0 Å². The van der Waals surface area contributed by atoms with Gasteiger partial charge in [0.1, 0.15) is 0 Å². The Morgan fingerprint density at radius 1 is 1.47 bits per heavy atom. The Balaban J connectivity index is 1.78. The maximum absolute atomic E-state index is 11.8. The Morgan fingerprint density at radius 3 is 2.84 bits per heavy atom. The molecule has 1 aromatic rings. The van der Waals surface area contributed by atoms with Gasteiger partial charge in [0.25, 0.3) is 0 Å². The molecule has 2 atom stereocenters. The van der Waals surface area contributed by atoms with Crippen molar-refractivity contribution in [3.05, 3.63) is 35.9 Å². The number of amides is 2. The number of rotatable bonds is 4. The highest BCUT2D eigenvalue weighted by molar-refractivity contribution is 7.99. The second-order valence-electron chi connectivity index (χ2n) is 4.99. The Morgan fingerprint density at radius 2 is 2.21 bits per heavy atom. The first-order valence-electron chi connectivity index (χ1n) is 6.48. The monoisotopic (exact) mass is 280 g/mol. The second-order valence-corrected chi connectivity index (χ2v) is 6.09. The molecule has 1 saturated heterocycles. The van der Waals surface area contributed by atoms with E-state index < -0.39 is 5.60 Å². The fraction of sp³-hybridized carbons (Fsp3) is 0.500. The van der Waals surface area contributed by atoms with E-state index >= 15 is 0 Å². The molecular weight excluding hydrogens is 260 g/mol. The van der Waals surface area contributed by atoms with Crippen molar-refractivity contribution in [2.45, 2.75) is 25.0 Å². The first-order chi connectivity index (χ1) is 9.09. The van der Waals surface area contributed by atoms with Crippen LogP contribution in [0.15, 0.2) is 30.3 Å². The van der Waals surface area contributed by atoms with E-state index in [-0.39, 0.29) is 12.1 Å². The van der Waals surface area contributed by atoms with E-state index in [1.807, 2.05) is 37.3 Å². The maximum atomic E-state index is 11.8. The summed E-state index contributed by atoms with van der Waals surface area (Å²) in [5.41, 5.74) is 0.325. The van der Waals surface area contributed by atoms with Gasteiger partial charge in [-0.1, -0.05) is 30.3 Å². The van der Waals surface area contributed by atoms with Crippen molar-refractivity contribution < 1.29 is 9.90 Å². The zero-order valence-corrected chi connectivity index (χ0v) is 11.9. The van der Waals surface area contributed by atoms with Gasteiger partial charge in [0.2, 0.25) is 0 Å². The van der Waals surface area contributed by atoms with E-state index in [9.17, 15) is 9.90 Å². The smallest absolute Gasteiger partial charge is 0.315 e. The molecule has 0 saturated carbocycles. The van der Waals surface area contributed by atoms with Crippen molar-refractivity contribution in [2.75, 3.05) is 18.1 Å². The van der Waals surface area contributed by atoms with Gasteiger partial charge in [0, 0.05) is 12.3 Å². The number of nitrogens with one attached hydrogen (secondary N) is 2. The van der Waals surface area contributed by atoms with E-state index in [4.69, 9.17) is 0 Å². The molecule has 5 heteroatoms. The van der Waals surface area contributed by atoms with Crippen LogP contribution in [0.3, 0.4) is 0 Å². The first-order valence-corrected chi connectivity index (χ1v) is 7.64. The lowest BCUT2D eigenvalue weighted by molar-refractivity contribution is 0.0699. The van der Waals surface area contributed by atoms with Crippen LogP contribution in [0, 0.1) is 0 Å². The average molecular weight is 280 g/mol. The highest BCUT2D eigenvalue weighted by Gasteiger charge is 2.32. The van der Waals surface area contributed by atoms with Crippen LogP contribution in [0.1, 0.15) is 24.9 Å². The molecule has 1 aliphatic heterocycles. The van der Waals surface area contributed by atoms with E-state index in [0.29, 0.717) is 12.3 Å². The highest BCUT2D eigenvalue weighted by atomic mass is 32.2. The maximum Gasteiger partial charge on any atom is 0.315 e. The Labute approximate surface area is 118 Å². The molecule has 2 amide bonds. The van der Waals surface area contributed by atoms with Crippen LogP contribution in [-0.4, -0.2) is 34.8 Å². The lowest BCUT2D eigenvalue weighted by atomic mass is 10.0. The zero-order chi connectivity index (χ0) is 13.7. The molecule has 0 aliphatic carbocycles. The molecule has 0 bridgehead atoms. The van der Waals surface area contributed by atoms with E-state index in [2.05, 4.69) is 10.6 Å². The number of carbonyl (C=O) groups excluding carboxylic acids is 1. The number of thioether (sulfide) groups is 1. The fourth-order valence-corrected chi connectivity index (χ4v) is 3.35. The number of urea groups is 1. The summed E-state index contributed by atoms with van der Waals surface area (Å²) in [6, 6.07) is 9.52. The molecule has 4 nitrogen and oxygen atoms in total. The van der Waals surface area contributed by atoms with Gasteiger partial charge in [-0.05, 0) is 24.7 Å². The van der Waals surface area contributed by atoms with Crippen LogP contribution in [0.4, 0.5) is 4.79 Å². The van der Waals surface area contributed by atoms with Gasteiger partial charge >= 0.3 is 6.03 Å². The molecule has 1 aromatic carbocycles. The third-order valence-electron chi connectivity index (χ3n) is 3.31. The second kappa shape index (κ2) is 6.30. The molecule has 2 rings (SSSR count). The number of aliphatic hydroxyl groups is 1. The summed E-state index contributed by atoms with van der Waals surface area (Å²) in [6.07, 6.45) is 0.742. The average Bonchev–Trinajstić information content (AvgIpc) is 2.85. The van der Waals surface area contributed by atoms with Crippen LogP contribution in [0.5, 0.6) is 0 Å². The largest absolute Gasteiger partial charge is 0.387 e. The van der Waals surface area contributed by atoms with Crippen LogP contribution >= 0.6 is 11.8 Å². The molecule has 1 aliphatic rings. The van der Waals surface area contributed by atoms with Crippen molar-refractivity contribution in [1.82, 2.24) is 10.6 Å². The summed E-state index contributed by atoms with van der Waals surface area (Å²) in [5.74, 6) is 1.65. The van der Waals surface area contributed by atoms with Crippen molar-refractivity contribution in [1.29, 1.82) is 0 Å². The molecular formula is C14H20N2O2S.